The van der Waals surface area contributed by atoms with Gasteiger partial charge in [0.05, 0.1) is 12.8 Å². The number of benzene rings is 1. The van der Waals surface area contributed by atoms with Crippen LogP contribution in [0.2, 0.25) is 0 Å². The van der Waals surface area contributed by atoms with Gasteiger partial charge >= 0.3 is 0 Å². The maximum absolute atomic E-state index is 5.21. The highest BCUT2D eigenvalue weighted by atomic mass is 32.1. The largest absolute Gasteiger partial charge is 0.497 e. The van der Waals surface area contributed by atoms with Crippen LogP contribution in [0.3, 0.4) is 0 Å². The zero-order valence-electron chi connectivity index (χ0n) is 15.3. The summed E-state index contributed by atoms with van der Waals surface area (Å²) in [7, 11) is 1.68. The number of hydrogen-bond donors (Lipinski definition) is 1. The molecule has 0 aliphatic heterocycles. The molecule has 4 rings (SSSR count). The molecule has 1 aromatic carbocycles. The lowest BCUT2D eigenvalue weighted by Crippen LogP contribution is -2.26. The predicted octanol–water partition coefficient (Wildman–Crippen LogP) is 5.43. The van der Waals surface area contributed by atoms with E-state index in [0.29, 0.717) is 16.7 Å². The third-order valence-corrected chi connectivity index (χ3v) is 7.32. The summed E-state index contributed by atoms with van der Waals surface area (Å²) in [5.41, 5.74) is 7.34. The number of aromatic nitrogens is 1. The quantitative estimate of drug-likeness (QED) is 0.744. The van der Waals surface area contributed by atoms with Crippen LogP contribution in [0.5, 0.6) is 5.75 Å². The summed E-state index contributed by atoms with van der Waals surface area (Å²) >= 11 is 1.60. The van der Waals surface area contributed by atoms with E-state index in [2.05, 4.69) is 36.6 Å². The van der Waals surface area contributed by atoms with Crippen molar-refractivity contribution in [2.75, 3.05) is 12.5 Å². The topological polar surface area (TPSA) is 46.5 Å². The molecule has 132 valence electrons. The van der Waals surface area contributed by atoms with E-state index in [-0.39, 0.29) is 0 Å². The Kier molecular flexibility index (Phi) is 3.87. The van der Waals surface area contributed by atoms with Crippen LogP contribution < -0.4 is 10.2 Å². The molecule has 1 aromatic heterocycles. The van der Waals surface area contributed by atoms with Gasteiger partial charge in [-0.05, 0) is 54.4 Å². The molecule has 25 heavy (non-hydrogen) atoms. The molecular weight excluding hydrogens is 330 g/mol. The minimum Gasteiger partial charge on any atom is -0.497 e. The molecule has 0 radical (unpaired) electrons. The molecule has 2 aliphatic carbocycles. The number of thiazole rings is 1. The summed E-state index contributed by atoms with van der Waals surface area (Å²) in [6.07, 6.45) is 3.69. The van der Waals surface area contributed by atoms with E-state index < -0.39 is 0 Å². The highest BCUT2D eigenvalue weighted by Crippen LogP contribution is 2.64. The van der Waals surface area contributed by atoms with Crippen LogP contribution in [0, 0.1) is 16.7 Å². The van der Waals surface area contributed by atoms with Gasteiger partial charge in [0.1, 0.15) is 5.75 Å². The summed E-state index contributed by atoms with van der Waals surface area (Å²) < 4.78 is 5.21. The van der Waals surface area contributed by atoms with E-state index in [0.717, 1.165) is 28.6 Å². The number of nitrogens with one attached hydrogen (secondary N) is 1. The molecule has 2 saturated carbocycles. The fourth-order valence-electron chi connectivity index (χ4n) is 4.45. The second-order valence-electron chi connectivity index (χ2n) is 8.03. The molecule has 0 unspecified atom stereocenters. The summed E-state index contributed by atoms with van der Waals surface area (Å²) in [5, 5.41) is 7.66. The Morgan fingerprint density at radius 1 is 1.24 bits per heavy atom. The van der Waals surface area contributed by atoms with Crippen LogP contribution >= 0.6 is 11.3 Å². The molecule has 1 heterocycles. The molecule has 0 amide bonds. The summed E-state index contributed by atoms with van der Waals surface area (Å²) in [6.45, 7) is 7.22. The van der Waals surface area contributed by atoms with Crippen molar-refractivity contribution >= 4 is 22.2 Å². The number of rotatable bonds is 4. The van der Waals surface area contributed by atoms with Gasteiger partial charge < -0.3 is 4.74 Å². The molecule has 2 fully saturated rings. The highest BCUT2D eigenvalue weighted by Gasteiger charge is 2.59. The van der Waals surface area contributed by atoms with Crippen LogP contribution in [-0.2, 0) is 0 Å². The van der Waals surface area contributed by atoms with Crippen molar-refractivity contribution in [3.05, 3.63) is 29.6 Å². The van der Waals surface area contributed by atoms with Gasteiger partial charge in [-0.2, -0.15) is 5.10 Å². The van der Waals surface area contributed by atoms with Crippen molar-refractivity contribution in [1.82, 2.24) is 4.98 Å². The minimum absolute atomic E-state index is 0.352. The molecular formula is C20H25N3OS. The third kappa shape index (κ3) is 2.65. The van der Waals surface area contributed by atoms with Gasteiger partial charge in [-0.25, -0.2) is 4.98 Å². The third-order valence-electron chi connectivity index (χ3n) is 6.57. The minimum atomic E-state index is 0.352. The first-order chi connectivity index (χ1) is 11.9. The van der Waals surface area contributed by atoms with Crippen molar-refractivity contribution in [3.63, 3.8) is 0 Å². The fourth-order valence-corrected chi connectivity index (χ4v) is 5.11. The van der Waals surface area contributed by atoms with E-state index in [9.17, 15) is 0 Å². The van der Waals surface area contributed by atoms with E-state index >= 15 is 0 Å². The van der Waals surface area contributed by atoms with Crippen LogP contribution in [0.15, 0.2) is 34.7 Å². The number of fused-ring (bicyclic) bond motifs is 2. The van der Waals surface area contributed by atoms with Crippen LogP contribution in [0.1, 0.15) is 40.0 Å². The van der Waals surface area contributed by atoms with Crippen LogP contribution in [-0.4, -0.2) is 17.8 Å². The Balaban J connectivity index is 1.49. The van der Waals surface area contributed by atoms with Crippen molar-refractivity contribution in [1.29, 1.82) is 0 Å². The van der Waals surface area contributed by atoms with E-state index in [1.807, 2.05) is 24.3 Å². The Labute approximate surface area is 153 Å². The maximum Gasteiger partial charge on any atom is 0.203 e. The van der Waals surface area contributed by atoms with Gasteiger partial charge in [0.15, 0.2) is 0 Å². The molecule has 2 bridgehead atoms. The number of hydrazone groups is 1. The first-order valence-corrected chi connectivity index (χ1v) is 9.73. The molecule has 0 saturated heterocycles. The first-order valence-electron chi connectivity index (χ1n) is 8.85. The molecule has 2 aromatic rings. The first kappa shape index (κ1) is 16.6. The lowest BCUT2D eigenvalue weighted by molar-refractivity contribution is 0.152. The monoisotopic (exact) mass is 355 g/mol. The van der Waals surface area contributed by atoms with E-state index in [1.165, 1.54) is 18.6 Å². The van der Waals surface area contributed by atoms with E-state index in [4.69, 9.17) is 9.84 Å². The average Bonchev–Trinajstić information content (AvgIpc) is 3.22. The summed E-state index contributed by atoms with van der Waals surface area (Å²) in [4.78, 5) is 4.67. The Bertz CT molecular complexity index is 806. The second-order valence-corrected chi connectivity index (χ2v) is 8.89. The van der Waals surface area contributed by atoms with Gasteiger partial charge in [-0.15, -0.1) is 11.3 Å². The molecule has 2 atom stereocenters. The van der Waals surface area contributed by atoms with E-state index in [1.54, 1.807) is 18.4 Å². The van der Waals surface area contributed by atoms with Crippen LogP contribution in [0.4, 0.5) is 5.13 Å². The number of ether oxygens (including phenoxy) is 1. The van der Waals surface area contributed by atoms with Crippen LogP contribution in [0.25, 0.3) is 11.3 Å². The number of methoxy groups -OCH3 is 1. The number of nitrogens with zero attached hydrogens (tertiary/aromatic N) is 2. The normalized spacial score (nSPS) is 28.5. The smallest absolute Gasteiger partial charge is 0.203 e. The van der Waals surface area contributed by atoms with Crippen molar-refractivity contribution < 1.29 is 4.74 Å². The standard InChI is InChI=1S/C20H25N3OS/c1-19(2)15-9-10-20(19,3)11-16(15)22-23-18-21-17(12-25-18)13-5-7-14(24-4)8-6-13/h5-8,12,15H,9-11H2,1-4H3,(H,21,23)/b22-16+/t15-,20-/m0/s1. The van der Waals surface area contributed by atoms with Gasteiger partial charge in [-0.3, -0.25) is 5.43 Å². The molecule has 5 heteroatoms. The zero-order valence-corrected chi connectivity index (χ0v) is 16.1. The Morgan fingerprint density at radius 3 is 2.60 bits per heavy atom. The molecule has 4 nitrogen and oxygen atoms in total. The van der Waals surface area contributed by atoms with Crippen molar-refractivity contribution in [2.45, 2.75) is 40.0 Å². The highest BCUT2D eigenvalue weighted by molar-refractivity contribution is 7.14. The maximum atomic E-state index is 5.21. The Morgan fingerprint density at radius 2 is 2.00 bits per heavy atom. The molecule has 0 spiro atoms. The molecule has 2 aliphatic rings. The zero-order chi connectivity index (χ0) is 17.7. The molecule has 1 N–H and O–H groups in total. The van der Waals surface area contributed by atoms with Crippen molar-refractivity contribution in [2.24, 2.45) is 21.8 Å². The van der Waals surface area contributed by atoms with Gasteiger partial charge in [0, 0.05) is 22.6 Å². The predicted molar refractivity (Wildman–Crippen MR) is 104 cm³/mol. The number of anilines is 1. The summed E-state index contributed by atoms with van der Waals surface area (Å²) in [5.74, 6) is 1.46. The van der Waals surface area contributed by atoms with Crippen molar-refractivity contribution in [3.8, 4) is 17.0 Å². The fraction of sp³-hybridized carbons (Fsp3) is 0.500. The Hall–Kier alpha value is -1.88. The lowest BCUT2D eigenvalue weighted by Gasteiger charge is -2.33. The second kappa shape index (κ2) is 5.84. The van der Waals surface area contributed by atoms with Gasteiger partial charge in [0.2, 0.25) is 5.13 Å². The lowest BCUT2D eigenvalue weighted by atomic mass is 9.71. The number of hydrogen-bond acceptors (Lipinski definition) is 5. The summed E-state index contributed by atoms with van der Waals surface area (Å²) in [6, 6.07) is 7.98. The average molecular weight is 356 g/mol. The van der Waals surface area contributed by atoms with Gasteiger partial charge in [-0.1, -0.05) is 20.8 Å². The SMILES string of the molecule is COc1ccc(-c2csc(N/N=C3\C[C@]4(C)CC[C@@H]3C4(C)C)n2)cc1. The van der Waals surface area contributed by atoms with Gasteiger partial charge in [0.25, 0.3) is 0 Å².